The zero-order valence-electron chi connectivity index (χ0n) is 10.4. The summed E-state index contributed by atoms with van der Waals surface area (Å²) in [6, 6.07) is 4.94. The highest BCUT2D eigenvalue weighted by Crippen LogP contribution is 2.21. The van der Waals surface area contributed by atoms with Crippen LogP contribution >= 0.6 is 12.2 Å². The Labute approximate surface area is 108 Å². The van der Waals surface area contributed by atoms with Crippen molar-refractivity contribution >= 4 is 22.9 Å². The van der Waals surface area contributed by atoms with Crippen molar-refractivity contribution in [2.24, 2.45) is 5.73 Å². The molecule has 0 unspecified atom stereocenters. The zero-order valence-corrected chi connectivity index (χ0v) is 11.2. The second-order valence-electron chi connectivity index (χ2n) is 3.96. The van der Waals surface area contributed by atoms with Crippen LogP contribution in [0.5, 0.6) is 0 Å². The van der Waals surface area contributed by atoms with Crippen molar-refractivity contribution in [1.29, 1.82) is 0 Å². The van der Waals surface area contributed by atoms with E-state index in [-0.39, 0.29) is 10.8 Å². The van der Waals surface area contributed by atoms with Crippen molar-refractivity contribution in [2.75, 3.05) is 18.0 Å². The van der Waals surface area contributed by atoms with E-state index in [0.29, 0.717) is 11.3 Å². The molecule has 0 radical (unpaired) electrons. The number of hydrogen-bond acceptors (Lipinski definition) is 2. The molecule has 0 saturated carbocycles. The second-order valence-corrected chi connectivity index (χ2v) is 4.40. The molecule has 2 nitrogen and oxygen atoms in total. The first-order valence-corrected chi connectivity index (χ1v) is 6.35. The van der Waals surface area contributed by atoms with Crippen LogP contribution in [-0.2, 0) is 0 Å². The molecule has 1 aromatic carbocycles. The van der Waals surface area contributed by atoms with Gasteiger partial charge in [-0.3, -0.25) is 0 Å². The fourth-order valence-electron chi connectivity index (χ4n) is 1.71. The van der Waals surface area contributed by atoms with E-state index in [1.165, 1.54) is 6.07 Å². The molecule has 0 atom stereocenters. The van der Waals surface area contributed by atoms with Crippen LogP contribution in [0.2, 0.25) is 0 Å². The van der Waals surface area contributed by atoms with Gasteiger partial charge in [0, 0.05) is 18.7 Å². The molecule has 0 heterocycles. The van der Waals surface area contributed by atoms with Gasteiger partial charge in [-0.15, -0.1) is 0 Å². The normalized spacial score (nSPS) is 10.3. The molecule has 4 heteroatoms. The molecule has 0 saturated heterocycles. The Kier molecular flexibility index (Phi) is 5.35. The van der Waals surface area contributed by atoms with Gasteiger partial charge in [0.05, 0.1) is 5.69 Å². The van der Waals surface area contributed by atoms with Gasteiger partial charge in [-0.2, -0.15) is 0 Å². The first-order valence-electron chi connectivity index (χ1n) is 5.94. The van der Waals surface area contributed by atoms with E-state index in [1.54, 1.807) is 12.1 Å². The number of halogens is 1. The van der Waals surface area contributed by atoms with Gasteiger partial charge in [-0.05, 0) is 31.5 Å². The monoisotopic (exact) mass is 254 g/mol. The summed E-state index contributed by atoms with van der Waals surface area (Å²) in [5.74, 6) is -0.256. The van der Waals surface area contributed by atoms with Gasteiger partial charge in [-0.25, -0.2) is 4.39 Å². The Hall–Kier alpha value is -1.16. The fraction of sp³-hybridized carbons (Fsp3) is 0.462. The minimum absolute atomic E-state index is 0.229. The maximum absolute atomic E-state index is 13.9. The third-order valence-corrected chi connectivity index (χ3v) is 2.97. The standard InChI is InChI=1S/C13H19FN2S/c1-3-5-8-16(4-2)12-7-6-10(13(15)17)9-11(12)14/h6-7,9H,3-5,8H2,1-2H3,(H2,15,17). The quantitative estimate of drug-likeness (QED) is 0.791. The van der Waals surface area contributed by atoms with Crippen LogP contribution in [0.25, 0.3) is 0 Å². The molecule has 1 aromatic rings. The molecule has 0 spiro atoms. The van der Waals surface area contributed by atoms with Gasteiger partial charge in [0.15, 0.2) is 0 Å². The van der Waals surface area contributed by atoms with Crippen molar-refractivity contribution in [2.45, 2.75) is 26.7 Å². The number of anilines is 1. The predicted molar refractivity (Wildman–Crippen MR) is 75.1 cm³/mol. The lowest BCUT2D eigenvalue weighted by Gasteiger charge is -2.23. The van der Waals surface area contributed by atoms with E-state index < -0.39 is 0 Å². The highest BCUT2D eigenvalue weighted by Gasteiger charge is 2.10. The van der Waals surface area contributed by atoms with E-state index in [1.807, 2.05) is 11.8 Å². The highest BCUT2D eigenvalue weighted by molar-refractivity contribution is 7.80. The summed E-state index contributed by atoms with van der Waals surface area (Å²) >= 11 is 4.83. The van der Waals surface area contributed by atoms with Crippen LogP contribution in [0.1, 0.15) is 32.3 Å². The van der Waals surface area contributed by atoms with E-state index in [4.69, 9.17) is 18.0 Å². The summed E-state index contributed by atoms with van der Waals surface area (Å²) in [6.07, 6.45) is 2.16. The number of nitrogens with two attached hydrogens (primary N) is 1. The molecule has 1 rings (SSSR count). The van der Waals surface area contributed by atoms with Gasteiger partial charge in [-0.1, -0.05) is 25.6 Å². The van der Waals surface area contributed by atoms with Crippen molar-refractivity contribution in [3.63, 3.8) is 0 Å². The lowest BCUT2D eigenvalue weighted by Crippen LogP contribution is -2.25. The average Bonchev–Trinajstić information content (AvgIpc) is 2.31. The molecule has 0 fully saturated rings. The number of hydrogen-bond donors (Lipinski definition) is 1. The maximum Gasteiger partial charge on any atom is 0.147 e. The molecule has 0 aliphatic carbocycles. The zero-order chi connectivity index (χ0) is 12.8. The van der Waals surface area contributed by atoms with Crippen LogP contribution in [0, 0.1) is 5.82 Å². The number of rotatable bonds is 6. The number of benzene rings is 1. The van der Waals surface area contributed by atoms with Crippen molar-refractivity contribution in [3.8, 4) is 0 Å². The Morgan fingerprint density at radius 1 is 1.41 bits per heavy atom. The van der Waals surface area contributed by atoms with Crippen LogP contribution < -0.4 is 10.6 Å². The van der Waals surface area contributed by atoms with Crippen LogP contribution in [0.3, 0.4) is 0 Å². The average molecular weight is 254 g/mol. The first-order chi connectivity index (χ1) is 8.10. The molecular formula is C13H19FN2S. The Balaban J connectivity index is 2.92. The summed E-state index contributed by atoms with van der Waals surface area (Å²) in [5, 5.41) is 0. The largest absolute Gasteiger partial charge is 0.389 e. The smallest absolute Gasteiger partial charge is 0.147 e. The molecule has 0 amide bonds. The maximum atomic E-state index is 13.9. The van der Waals surface area contributed by atoms with Gasteiger partial charge in [0.25, 0.3) is 0 Å². The topological polar surface area (TPSA) is 29.3 Å². The van der Waals surface area contributed by atoms with Gasteiger partial charge in [0.2, 0.25) is 0 Å². The Bertz CT molecular complexity index is 393. The lowest BCUT2D eigenvalue weighted by atomic mass is 10.1. The molecule has 0 aliphatic heterocycles. The SMILES string of the molecule is CCCCN(CC)c1ccc(C(N)=S)cc1F. The second kappa shape index (κ2) is 6.55. The highest BCUT2D eigenvalue weighted by atomic mass is 32.1. The van der Waals surface area contributed by atoms with Crippen molar-refractivity contribution in [1.82, 2.24) is 0 Å². The predicted octanol–water partition coefficient (Wildman–Crippen LogP) is 3.09. The Morgan fingerprint density at radius 3 is 2.59 bits per heavy atom. The number of nitrogens with zero attached hydrogens (tertiary/aromatic N) is 1. The molecule has 94 valence electrons. The lowest BCUT2D eigenvalue weighted by molar-refractivity contribution is 0.614. The third-order valence-electron chi connectivity index (χ3n) is 2.74. The van der Waals surface area contributed by atoms with Crippen molar-refractivity contribution < 1.29 is 4.39 Å². The Morgan fingerprint density at radius 2 is 2.12 bits per heavy atom. The van der Waals surface area contributed by atoms with E-state index in [9.17, 15) is 4.39 Å². The van der Waals surface area contributed by atoms with Gasteiger partial charge >= 0.3 is 0 Å². The summed E-state index contributed by atoms with van der Waals surface area (Å²) < 4.78 is 13.9. The fourth-order valence-corrected chi connectivity index (χ4v) is 1.84. The van der Waals surface area contributed by atoms with E-state index in [2.05, 4.69) is 6.92 Å². The first kappa shape index (κ1) is 13.9. The minimum atomic E-state index is -0.256. The molecule has 0 bridgehead atoms. The van der Waals surface area contributed by atoms with E-state index in [0.717, 1.165) is 25.9 Å². The summed E-state index contributed by atoms with van der Waals surface area (Å²) in [6.45, 7) is 5.82. The summed E-state index contributed by atoms with van der Waals surface area (Å²) in [7, 11) is 0. The number of unbranched alkanes of at least 4 members (excludes halogenated alkanes) is 1. The molecular weight excluding hydrogens is 235 g/mol. The molecule has 0 aliphatic rings. The number of thiocarbonyl (C=S) groups is 1. The van der Waals surface area contributed by atoms with Crippen LogP contribution in [-0.4, -0.2) is 18.1 Å². The van der Waals surface area contributed by atoms with Gasteiger partial charge < -0.3 is 10.6 Å². The summed E-state index contributed by atoms with van der Waals surface area (Å²) in [5.41, 5.74) is 6.68. The molecule has 2 N–H and O–H groups in total. The minimum Gasteiger partial charge on any atom is -0.389 e. The van der Waals surface area contributed by atoms with Crippen LogP contribution in [0.15, 0.2) is 18.2 Å². The van der Waals surface area contributed by atoms with Crippen LogP contribution in [0.4, 0.5) is 10.1 Å². The molecule has 0 aromatic heterocycles. The van der Waals surface area contributed by atoms with E-state index >= 15 is 0 Å². The molecule has 17 heavy (non-hydrogen) atoms. The summed E-state index contributed by atoms with van der Waals surface area (Å²) in [4.78, 5) is 2.26. The van der Waals surface area contributed by atoms with Crippen molar-refractivity contribution in [3.05, 3.63) is 29.6 Å². The van der Waals surface area contributed by atoms with Gasteiger partial charge in [0.1, 0.15) is 10.8 Å². The third kappa shape index (κ3) is 3.66.